The van der Waals surface area contributed by atoms with E-state index in [4.69, 9.17) is 5.11 Å². The Morgan fingerprint density at radius 1 is 1.43 bits per heavy atom. The van der Waals surface area contributed by atoms with Gasteiger partial charge in [0.25, 0.3) is 0 Å². The van der Waals surface area contributed by atoms with Gasteiger partial charge in [0.1, 0.15) is 5.82 Å². The Morgan fingerprint density at radius 3 is 2.57 bits per heavy atom. The molecule has 1 aromatic carbocycles. The van der Waals surface area contributed by atoms with Gasteiger partial charge in [0.15, 0.2) is 0 Å². The average Bonchev–Trinajstić information content (AvgIpc) is 2.61. The molecule has 0 bridgehead atoms. The molecule has 152 valence electrons. The van der Waals surface area contributed by atoms with Gasteiger partial charge in [-0.1, -0.05) is 13.0 Å². The maximum Gasteiger partial charge on any atom is 0.416 e. The van der Waals surface area contributed by atoms with Crippen LogP contribution in [0.2, 0.25) is 0 Å². The summed E-state index contributed by atoms with van der Waals surface area (Å²) in [6.45, 7) is 2.42. The number of aliphatic carboxylic acids is 1. The molecule has 0 radical (unpaired) electrons. The summed E-state index contributed by atoms with van der Waals surface area (Å²) in [7, 11) is 0. The van der Waals surface area contributed by atoms with Gasteiger partial charge in [0.05, 0.1) is 23.2 Å². The number of carbonyl (C=O) groups is 1. The minimum atomic E-state index is -4.95. The molecule has 2 rings (SSSR count). The molecule has 0 aromatic heterocycles. The van der Waals surface area contributed by atoms with E-state index in [-0.39, 0.29) is 30.7 Å². The number of nitrogens with zero attached hydrogens (tertiary/aromatic N) is 1. The highest BCUT2D eigenvalue weighted by Crippen LogP contribution is 2.51. The Morgan fingerprint density at radius 2 is 2.07 bits per heavy atom. The van der Waals surface area contributed by atoms with E-state index in [9.17, 15) is 32.7 Å². The van der Waals surface area contributed by atoms with Crippen LogP contribution in [-0.4, -0.2) is 23.7 Å². The minimum absolute atomic E-state index is 0.121. The SMILES string of the molecule is CC1=C(C#N)C(c2ccc(F)cc2C(F)(F)F)C(C)(C(=O)[O-])C(CCCO)N1. The molecular weight excluding hydrogens is 380 g/mol. The third-order valence-electron chi connectivity index (χ3n) is 5.25. The van der Waals surface area contributed by atoms with Crippen molar-refractivity contribution in [2.24, 2.45) is 5.41 Å². The zero-order valence-corrected chi connectivity index (χ0v) is 15.2. The third-order valence-corrected chi connectivity index (χ3v) is 5.25. The summed E-state index contributed by atoms with van der Waals surface area (Å²) in [5, 5.41) is 33.6. The summed E-state index contributed by atoms with van der Waals surface area (Å²) in [5.74, 6) is -4.29. The zero-order chi connectivity index (χ0) is 21.3. The largest absolute Gasteiger partial charge is 0.549 e. The van der Waals surface area contributed by atoms with Gasteiger partial charge in [-0.2, -0.15) is 18.4 Å². The number of aliphatic hydroxyl groups excluding tert-OH is 1. The van der Waals surface area contributed by atoms with Gasteiger partial charge in [-0.25, -0.2) is 4.39 Å². The van der Waals surface area contributed by atoms with Gasteiger partial charge >= 0.3 is 6.18 Å². The van der Waals surface area contributed by atoms with Crippen molar-refractivity contribution in [1.82, 2.24) is 5.32 Å². The maximum atomic E-state index is 13.6. The van der Waals surface area contributed by atoms with E-state index in [0.717, 1.165) is 12.1 Å². The van der Waals surface area contributed by atoms with Crippen molar-refractivity contribution in [2.75, 3.05) is 6.61 Å². The zero-order valence-electron chi connectivity index (χ0n) is 15.2. The fourth-order valence-corrected chi connectivity index (χ4v) is 3.79. The Kier molecular flexibility index (Phi) is 6.04. The highest BCUT2D eigenvalue weighted by molar-refractivity contribution is 5.77. The molecule has 1 aromatic rings. The molecule has 5 nitrogen and oxygen atoms in total. The van der Waals surface area contributed by atoms with Crippen LogP contribution in [-0.2, 0) is 11.0 Å². The molecule has 0 spiro atoms. The van der Waals surface area contributed by atoms with Crippen LogP contribution in [0.15, 0.2) is 29.5 Å². The van der Waals surface area contributed by atoms with Crippen LogP contribution in [0.1, 0.15) is 43.7 Å². The molecule has 0 aliphatic carbocycles. The molecule has 0 fully saturated rings. The number of nitriles is 1. The van der Waals surface area contributed by atoms with Crippen molar-refractivity contribution in [3.63, 3.8) is 0 Å². The second kappa shape index (κ2) is 7.80. The van der Waals surface area contributed by atoms with Crippen LogP contribution < -0.4 is 10.4 Å². The summed E-state index contributed by atoms with van der Waals surface area (Å²) >= 11 is 0. The molecular formula is C19H19F4N2O3-. The molecule has 0 saturated carbocycles. The van der Waals surface area contributed by atoms with Crippen LogP contribution in [0.25, 0.3) is 0 Å². The Balaban J connectivity index is 2.82. The first-order valence-corrected chi connectivity index (χ1v) is 8.54. The first kappa shape index (κ1) is 21.7. The number of hydrogen-bond donors (Lipinski definition) is 2. The molecule has 1 heterocycles. The van der Waals surface area contributed by atoms with Crippen molar-refractivity contribution < 1.29 is 32.6 Å². The minimum Gasteiger partial charge on any atom is -0.549 e. The van der Waals surface area contributed by atoms with E-state index in [0.29, 0.717) is 6.07 Å². The van der Waals surface area contributed by atoms with E-state index in [1.807, 2.05) is 0 Å². The van der Waals surface area contributed by atoms with Crippen molar-refractivity contribution in [3.8, 4) is 6.07 Å². The predicted octanol–water partition coefficient (Wildman–Crippen LogP) is 2.23. The van der Waals surface area contributed by atoms with Gasteiger partial charge in [-0.05, 0) is 37.5 Å². The van der Waals surface area contributed by atoms with Crippen molar-refractivity contribution in [3.05, 3.63) is 46.4 Å². The van der Waals surface area contributed by atoms with Crippen LogP contribution in [0.5, 0.6) is 0 Å². The maximum absolute atomic E-state index is 13.6. The smallest absolute Gasteiger partial charge is 0.416 e. The summed E-state index contributed by atoms with van der Waals surface area (Å²) in [6.07, 6.45) is -4.64. The normalized spacial score (nSPS) is 25.2. The highest BCUT2D eigenvalue weighted by atomic mass is 19.4. The van der Waals surface area contributed by atoms with Crippen LogP contribution in [0, 0.1) is 22.6 Å². The van der Waals surface area contributed by atoms with Gasteiger partial charge in [0.2, 0.25) is 0 Å². The number of benzene rings is 1. The van der Waals surface area contributed by atoms with Crippen molar-refractivity contribution in [2.45, 2.75) is 44.8 Å². The summed E-state index contributed by atoms with van der Waals surface area (Å²) in [6, 6.07) is 2.85. The number of hydrogen-bond acceptors (Lipinski definition) is 5. The highest BCUT2D eigenvalue weighted by Gasteiger charge is 2.51. The van der Waals surface area contributed by atoms with E-state index < -0.39 is 46.5 Å². The lowest BCUT2D eigenvalue weighted by Crippen LogP contribution is -2.59. The fourth-order valence-electron chi connectivity index (χ4n) is 3.79. The lowest BCUT2D eigenvalue weighted by atomic mass is 9.61. The Hall–Kier alpha value is -2.60. The number of carboxylic acids is 1. The van der Waals surface area contributed by atoms with Gasteiger partial charge in [-0.3, -0.25) is 0 Å². The number of aliphatic hydroxyl groups is 1. The number of allylic oxidation sites excluding steroid dienone is 2. The topological polar surface area (TPSA) is 96.2 Å². The number of carboxylic acid groups (broad SMARTS) is 1. The van der Waals surface area contributed by atoms with Crippen molar-refractivity contribution >= 4 is 5.97 Å². The number of carbonyl (C=O) groups excluding carboxylic acids is 1. The monoisotopic (exact) mass is 399 g/mol. The van der Waals surface area contributed by atoms with Crippen LogP contribution in [0.4, 0.5) is 17.6 Å². The standard InChI is InChI=1S/C19H20F4N2O3/c1-10-13(9-24)16(12-6-5-11(20)8-14(12)19(21,22)23)18(2,17(27)28)15(25-10)4-3-7-26/h5-6,8,15-16,25-26H,3-4,7H2,1-2H3,(H,27,28)/p-1. The van der Waals surface area contributed by atoms with E-state index in [1.165, 1.54) is 13.8 Å². The molecule has 28 heavy (non-hydrogen) atoms. The van der Waals surface area contributed by atoms with Crippen molar-refractivity contribution in [1.29, 1.82) is 5.26 Å². The molecule has 1 aliphatic heterocycles. The predicted molar refractivity (Wildman–Crippen MR) is 88.8 cm³/mol. The lowest BCUT2D eigenvalue weighted by molar-refractivity contribution is -0.321. The summed E-state index contributed by atoms with van der Waals surface area (Å²) < 4.78 is 54.3. The second-order valence-corrected chi connectivity index (χ2v) is 6.95. The van der Waals surface area contributed by atoms with Gasteiger partial charge < -0.3 is 20.3 Å². The van der Waals surface area contributed by atoms with Gasteiger partial charge in [-0.15, -0.1) is 0 Å². The molecule has 2 N–H and O–H groups in total. The van der Waals surface area contributed by atoms with E-state index in [1.54, 1.807) is 6.07 Å². The Labute approximate surface area is 159 Å². The molecule has 3 atom stereocenters. The quantitative estimate of drug-likeness (QED) is 0.741. The number of alkyl halides is 3. The number of halogens is 4. The lowest BCUT2D eigenvalue weighted by Gasteiger charge is -2.49. The molecule has 0 saturated heterocycles. The Bertz CT molecular complexity index is 845. The van der Waals surface area contributed by atoms with E-state index >= 15 is 0 Å². The third kappa shape index (κ3) is 3.69. The summed E-state index contributed by atoms with van der Waals surface area (Å²) in [4.78, 5) is 12.1. The van der Waals surface area contributed by atoms with Gasteiger partial charge in [0, 0.05) is 29.7 Å². The number of nitrogens with one attached hydrogen (secondary N) is 1. The second-order valence-electron chi connectivity index (χ2n) is 6.95. The molecule has 1 aliphatic rings. The average molecular weight is 399 g/mol. The molecule has 9 heteroatoms. The summed E-state index contributed by atoms with van der Waals surface area (Å²) in [5.41, 5.74) is -3.76. The molecule has 0 amide bonds. The van der Waals surface area contributed by atoms with E-state index in [2.05, 4.69) is 5.32 Å². The first-order chi connectivity index (χ1) is 13.0. The first-order valence-electron chi connectivity index (χ1n) is 8.54. The molecule has 3 unspecified atom stereocenters. The van der Waals surface area contributed by atoms with Crippen LogP contribution in [0.3, 0.4) is 0 Å². The fraction of sp³-hybridized carbons (Fsp3) is 0.474. The van der Waals surface area contributed by atoms with Crippen LogP contribution >= 0.6 is 0 Å². The number of rotatable bonds is 5.